The van der Waals surface area contributed by atoms with Crippen molar-refractivity contribution >= 4 is 16.8 Å². The molecule has 3 aromatic rings. The molecule has 0 fully saturated rings. The number of H-pyrrole nitrogens is 1. The number of fused-ring (bicyclic) bond motifs is 1. The lowest BCUT2D eigenvalue weighted by molar-refractivity contribution is 0.0952. The van der Waals surface area contributed by atoms with Crippen molar-refractivity contribution in [2.75, 3.05) is 0 Å². The van der Waals surface area contributed by atoms with E-state index in [4.69, 9.17) is 0 Å². The molecule has 0 bridgehead atoms. The fraction of sp³-hybridized carbons (Fsp3) is 0.391. The van der Waals surface area contributed by atoms with E-state index in [0.29, 0.717) is 17.2 Å². The quantitative estimate of drug-likeness (QED) is 0.666. The number of rotatable bonds is 6. The van der Waals surface area contributed by atoms with Crippen LogP contribution in [0.5, 0.6) is 0 Å². The molecule has 2 heterocycles. The third kappa shape index (κ3) is 3.88. The maximum absolute atomic E-state index is 13.0. The van der Waals surface area contributed by atoms with Crippen molar-refractivity contribution in [1.29, 1.82) is 0 Å². The first-order chi connectivity index (χ1) is 13.3. The third-order valence-corrected chi connectivity index (χ3v) is 5.09. The summed E-state index contributed by atoms with van der Waals surface area (Å²) in [5, 5.41) is 3.90. The van der Waals surface area contributed by atoms with Crippen molar-refractivity contribution in [3.05, 3.63) is 68.8 Å². The molecule has 0 aliphatic rings. The second kappa shape index (κ2) is 8.05. The number of nitrogens with zero attached hydrogens (tertiary/aromatic N) is 1. The summed E-state index contributed by atoms with van der Waals surface area (Å²) < 4.78 is 2.17. The summed E-state index contributed by atoms with van der Waals surface area (Å²) in [6.45, 7) is 10.4. The summed E-state index contributed by atoms with van der Waals surface area (Å²) in [7, 11) is 0. The Bertz CT molecular complexity index is 1070. The summed E-state index contributed by atoms with van der Waals surface area (Å²) in [5.74, 6) is -0.155. The Labute approximate surface area is 165 Å². The normalized spacial score (nSPS) is 11.4. The topological polar surface area (TPSA) is 66.9 Å². The number of benzene rings is 1. The van der Waals surface area contributed by atoms with E-state index >= 15 is 0 Å². The molecule has 0 spiro atoms. The smallest absolute Gasteiger partial charge is 0.253 e. The number of pyridine rings is 1. The molecular formula is C23H29N3O2. The van der Waals surface area contributed by atoms with E-state index in [1.807, 2.05) is 38.2 Å². The van der Waals surface area contributed by atoms with Crippen molar-refractivity contribution in [1.82, 2.24) is 14.9 Å². The maximum atomic E-state index is 13.0. The Hall–Kier alpha value is -2.82. The number of hydrogen-bond acceptors (Lipinski definition) is 2. The minimum absolute atomic E-state index is 0.121. The van der Waals surface area contributed by atoms with Crippen molar-refractivity contribution in [2.45, 2.75) is 60.0 Å². The average Bonchev–Trinajstić information content (AvgIpc) is 3.04. The van der Waals surface area contributed by atoms with Crippen LogP contribution in [0.4, 0.5) is 0 Å². The van der Waals surface area contributed by atoms with Crippen LogP contribution >= 0.6 is 0 Å². The van der Waals surface area contributed by atoms with Gasteiger partial charge in [0, 0.05) is 46.5 Å². The van der Waals surface area contributed by atoms with Crippen LogP contribution < -0.4 is 10.9 Å². The number of amides is 1. The van der Waals surface area contributed by atoms with E-state index < -0.39 is 0 Å². The summed E-state index contributed by atoms with van der Waals surface area (Å²) in [6, 6.07) is 8.33. The third-order valence-electron chi connectivity index (χ3n) is 5.09. The molecule has 0 aliphatic carbocycles. The van der Waals surface area contributed by atoms with Crippen LogP contribution in [0.1, 0.15) is 66.0 Å². The van der Waals surface area contributed by atoms with Crippen molar-refractivity contribution < 1.29 is 4.79 Å². The van der Waals surface area contributed by atoms with Gasteiger partial charge in [-0.15, -0.1) is 0 Å². The zero-order chi connectivity index (χ0) is 20.4. The predicted molar refractivity (Wildman–Crippen MR) is 114 cm³/mol. The molecule has 0 radical (unpaired) electrons. The maximum Gasteiger partial charge on any atom is 0.253 e. The van der Waals surface area contributed by atoms with Gasteiger partial charge in [-0.05, 0) is 69.5 Å². The number of hydrogen-bond donors (Lipinski definition) is 2. The van der Waals surface area contributed by atoms with Crippen molar-refractivity contribution in [3.8, 4) is 0 Å². The van der Waals surface area contributed by atoms with E-state index in [1.165, 1.54) is 0 Å². The van der Waals surface area contributed by atoms with Gasteiger partial charge in [0.2, 0.25) is 0 Å². The lowest BCUT2D eigenvalue weighted by Gasteiger charge is -2.13. The number of aromatic amines is 1. The zero-order valence-corrected chi connectivity index (χ0v) is 17.3. The van der Waals surface area contributed by atoms with Gasteiger partial charge in [-0.1, -0.05) is 13.3 Å². The van der Waals surface area contributed by atoms with Gasteiger partial charge in [0.25, 0.3) is 11.5 Å². The van der Waals surface area contributed by atoms with Crippen LogP contribution in [-0.2, 0) is 13.0 Å². The van der Waals surface area contributed by atoms with Crippen LogP contribution in [0, 0.1) is 13.8 Å². The molecule has 0 atom stereocenters. The van der Waals surface area contributed by atoms with Gasteiger partial charge in [-0.2, -0.15) is 0 Å². The molecule has 2 aromatic heterocycles. The summed E-state index contributed by atoms with van der Waals surface area (Å²) >= 11 is 0. The van der Waals surface area contributed by atoms with Crippen LogP contribution in [0.25, 0.3) is 10.9 Å². The summed E-state index contributed by atoms with van der Waals surface area (Å²) in [4.78, 5) is 28.2. The standard InChI is InChI=1S/C23H29N3O2/c1-6-7-17-12-16(5)25-23(28)20(17)13-24-22(27)19-10-15(4)11-21-18(19)8-9-26(21)14(2)3/h8-12,14H,6-7,13H2,1-5H3,(H,24,27)(H,25,28). The second-order valence-electron chi connectivity index (χ2n) is 7.78. The molecule has 5 nitrogen and oxygen atoms in total. The number of carbonyl (C=O) groups excluding carboxylic acids is 1. The van der Waals surface area contributed by atoms with Crippen LogP contribution in [0.3, 0.4) is 0 Å². The average molecular weight is 380 g/mol. The molecule has 0 saturated carbocycles. The molecule has 2 N–H and O–H groups in total. The zero-order valence-electron chi connectivity index (χ0n) is 17.3. The Kier molecular flexibility index (Phi) is 5.73. The van der Waals surface area contributed by atoms with E-state index in [1.54, 1.807) is 0 Å². The first-order valence-corrected chi connectivity index (χ1v) is 9.92. The number of aryl methyl sites for hydroxylation is 3. The van der Waals surface area contributed by atoms with Gasteiger partial charge in [-0.3, -0.25) is 9.59 Å². The fourth-order valence-electron chi connectivity index (χ4n) is 3.78. The molecule has 0 saturated heterocycles. The van der Waals surface area contributed by atoms with Crippen molar-refractivity contribution in [3.63, 3.8) is 0 Å². The molecule has 0 aliphatic heterocycles. The first kappa shape index (κ1) is 19.9. The van der Waals surface area contributed by atoms with Gasteiger partial charge in [0.1, 0.15) is 0 Å². The van der Waals surface area contributed by atoms with Gasteiger partial charge < -0.3 is 14.9 Å². The molecule has 3 rings (SSSR count). The van der Waals surface area contributed by atoms with Crippen molar-refractivity contribution in [2.24, 2.45) is 0 Å². The largest absolute Gasteiger partial charge is 0.348 e. The minimum Gasteiger partial charge on any atom is -0.348 e. The lowest BCUT2D eigenvalue weighted by Crippen LogP contribution is -2.28. The van der Waals surface area contributed by atoms with Crippen LogP contribution in [0.2, 0.25) is 0 Å². The highest BCUT2D eigenvalue weighted by atomic mass is 16.1. The molecule has 148 valence electrons. The van der Waals surface area contributed by atoms with Gasteiger partial charge in [0.15, 0.2) is 0 Å². The highest BCUT2D eigenvalue weighted by molar-refractivity contribution is 6.07. The highest BCUT2D eigenvalue weighted by Gasteiger charge is 2.16. The van der Waals surface area contributed by atoms with Gasteiger partial charge in [0.05, 0.1) is 0 Å². The SMILES string of the molecule is CCCc1cc(C)[nH]c(=O)c1CNC(=O)c1cc(C)cc2c1ccn2C(C)C. The minimum atomic E-state index is -0.155. The highest BCUT2D eigenvalue weighted by Crippen LogP contribution is 2.25. The molecule has 1 amide bonds. The fourth-order valence-corrected chi connectivity index (χ4v) is 3.78. The number of aromatic nitrogens is 2. The van der Waals surface area contributed by atoms with Gasteiger partial charge in [-0.25, -0.2) is 0 Å². The molecule has 1 aromatic carbocycles. The van der Waals surface area contributed by atoms with Gasteiger partial charge >= 0.3 is 0 Å². The summed E-state index contributed by atoms with van der Waals surface area (Å²) in [5.41, 5.74) is 5.12. The van der Waals surface area contributed by atoms with E-state index in [0.717, 1.165) is 40.6 Å². The Morgan fingerprint density at radius 3 is 2.64 bits per heavy atom. The lowest BCUT2D eigenvalue weighted by atomic mass is 10.0. The first-order valence-electron chi connectivity index (χ1n) is 9.92. The number of nitrogens with one attached hydrogen (secondary N) is 2. The van der Waals surface area contributed by atoms with E-state index in [9.17, 15) is 9.59 Å². The Morgan fingerprint density at radius 1 is 1.21 bits per heavy atom. The summed E-state index contributed by atoms with van der Waals surface area (Å²) in [6.07, 6.45) is 3.79. The number of carbonyl (C=O) groups is 1. The van der Waals surface area contributed by atoms with Crippen LogP contribution in [-0.4, -0.2) is 15.5 Å². The van der Waals surface area contributed by atoms with E-state index in [2.05, 4.69) is 41.7 Å². The molecule has 28 heavy (non-hydrogen) atoms. The predicted octanol–water partition coefficient (Wildman–Crippen LogP) is 4.41. The Balaban J connectivity index is 1.92. The van der Waals surface area contributed by atoms with Crippen LogP contribution in [0.15, 0.2) is 35.3 Å². The molecular weight excluding hydrogens is 350 g/mol. The second-order valence-corrected chi connectivity index (χ2v) is 7.78. The Morgan fingerprint density at radius 2 is 1.96 bits per heavy atom. The monoisotopic (exact) mass is 379 g/mol. The van der Waals surface area contributed by atoms with E-state index in [-0.39, 0.29) is 18.0 Å². The molecule has 0 unspecified atom stereocenters. The molecule has 5 heteroatoms.